The average Bonchev–Trinajstić information content (AvgIpc) is 3.24. The Bertz CT molecular complexity index is 1010. The van der Waals surface area contributed by atoms with Crippen molar-refractivity contribution in [2.24, 2.45) is 10.2 Å². The first-order valence-corrected chi connectivity index (χ1v) is 9.20. The number of ketones is 1. The topological polar surface area (TPSA) is 65.3 Å². The summed E-state index contributed by atoms with van der Waals surface area (Å²) in [5.41, 5.74) is 2.52. The summed E-state index contributed by atoms with van der Waals surface area (Å²) in [5, 5.41) is 12.8. The second-order valence-electron chi connectivity index (χ2n) is 6.03. The largest absolute Gasteiger partial charge is 0.292 e. The van der Waals surface area contributed by atoms with E-state index in [-0.39, 0.29) is 11.7 Å². The lowest BCUT2D eigenvalue weighted by atomic mass is 10.2. The van der Waals surface area contributed by atoms with E-state index in [2.05, 4.69) is 10.2 Å². The third-order valence-electron chi connectivity index (χ3n) is 4.11. The van der Waals surface area contributed by atoms with Gasteiger partial charge in [-0.1, -0.05) is 36.4 Å². The Labute approximate surface area is 160 Å². The molecule has 0 atom stereocenters. The highest BCUT2D eigenvalue weighted by molar-refractivity contribution is 8.19. The van der Waals surface area contributed by atoms with Crippen LogP contribution >= 0.6 is 11.8 Å². The maximum atomic E-state index is 13.1. The van der Waals surface area contributed by atoms with Crippen LogP contribution in [0.15, 0.2) is 81.5 Å². The fourth-order valence-electron chi connectivity index (χ4n) is 2.83. The predicted molar refractivity (Wildman–Crippen MR) is 109 cm³/mol. The molecule has 0 spiro atoms. The Morgan fingerprint density at radius 1 is 0.889 bits per heavy atom. The normalized spacial score (nSPS) is 19.4. The fourth-order valence-corrected chi connectivity index (χ4v) is 3.85. The highest BCUT2D eigenvalue weighted by Crippen LogP contribution is 2.39. The van der Waals surface area contributed by atoms with Crippen LogP contribution < -0.4 is 10.0 Å². The molecule has 0 saturated heterocycles. The standard InChI is InChI=1S/C20H16N4O2S/c1-13-17(19(26)23(21-13)15-9-5-3-6-10-15)20-24(16-11-7-4-8-12-16)22-18(27-20)14(2)25/h3-12H,1-2H3. The van der Waals surface area contributed by atoms with Crippen LogP contribution in [0.5, 0.6) is 0 Å². The summed E-state index contributed by atoms with van der Waals surface area (Å²) < 4.78 is 0. The number of thioether (sulfide) groups is 1. The maximum absolute atomic E-state index is 13.1. The zero-order chi connectivity index (χ0) is 19.0. The number of carbonyl (C=O) groups excluding carboxylic acids is 2. The molecule has 2 aromatic carbocycles. The summed E-state index contributed by atoms with van der Waals surface area (Å²) in [4.78, 5) is 25.0. The molecule has 7 heteroatoms. The quantitative estimate of drug-likeness (QED) is 0.765. The van der Waals surface area contributed by atoms with Gasteiger partial charge in [0.15, 0.2) is 10.8 Å². The lowest BCUT2D eigenvalue weighted by Gasteiger charge is -2.17. The second kappa shape index (κ2) is 6.85. The molecule has 27 heavy (non-hydrogen) atoms. The molecule has 0 aromatic heterocycles. The zero-order valence-electron chi connectivity index (χ0n) is 14.8. The van der Waals surface area contributed by atoms with Crippen LogP contribution in [0.3, 0.4) is 0 Å². The molecule has 2 aliphatic rings. The molecule has 0 radical (unpaired) electrons. The lowest BCUT2D eigenvalue weighted by Crippen LogP contribution is -2.24. The summed E-state index contributed by atoms with van der Waals surface area (Å²) in [6, 6.07) is 18.7. The summed E-state index contributed by atoms with van der Waals surface area (Å²) in [6.07, 6.45) is 0. The van der Waals surface area contributed by atoms with E-state index >= 15 is 0 Å². The van der Waals surface area contributed by atoms with Crippen LogP contribution in [0.4, 0.5) is 11.4 Å². The SMILES string of the molecule is CC(=O)C1=NN(c2ccccc2)C(=C2C(=O)N(c3ccccc3)N=C2C)S1. The number of Topliss-reactive ketones (excluding diaryl/α,β-unsaturated/α-hetero) is 1. The van der Waals surface area contributed by atoms with Gasteiger partial charge in [0.2, 0.25) is 0 Å². The van der Waals surface area contributed by atoms with Crippen LogP contribution in [0.2, 0.25) is 0 Å². The highest BCUT2D eigenvalue weighted by atomic mass is 32.2. The molecule has 0 N–H and O–H groups in total. The Kier molecular flexibility index (Phi) is 4.37. The van der Waals surface area contributed by atoms with Gasteiger partial charge in [0, 0.05) is 6.92 Å². The summed E-state index contributed by atoms with van der Waals surface area (Å²) in [7, 11) is 0. The van der Waals surface area contributed by atoms with Crippen molar-refractivity contribution in [1.82, 2.24) is 0 Å². The zero-order valence-corrected chi connectivity index (χ0v) is 15.6. The number of amides is 1. The van der Waals surface area contributed by atoms with Crippen LogP contribution in [-0.4, -0.2) is 22.4 Å². The fraction of sp³-hybridized carbons (Fsp3) is 0.100. The predicted octanol–water partition coefficient (Wildman–Crippen LogP) is 3.78. The lowest BCUT2D eigenvalue weighted by molar-refractivity contribution is -0.114. The summed E-state index contributed by atoms with van der Waals surface area (Å²) in [5.74, 6) is -0.376. The van der Waals surface area contributed by atoms with Gasteiger partial charge in [-0.15, -0.1) is 0 Å². The van der Waals surface area contributed by atoms with E-state index in [1.807, 2.05) is 60.7 Å². The van der Waals surface area contributed by atoms with E-state index in [1.165, 1.54) is 23.7 Å². The van der Waals surface area contributed by atoms with E-state index in [0.717, 1.165) is 5.69 Å². The van der Waals surface area contributed by atoms with Gasteiger partial charge in [-0.25, -0.2) is 5.01 Å². The minimum Gasteiger partial charge on any atom is -0.292 e. The first-order valence-electron chi connectivity index (χ1n) is 8.38. The number of hydrazone groups is 2. The molecular weight excluding hydrogens is 360 g/mol. The molecular formula is C20H16N4O2S. The van der Waals surface area contributed by atoms with E-state index in [1.54, 1.807) is 11.9 Å². The van der Waals surface area contributed by atoms with Crippen molar-refractivity contribution in [1.29, 1.82) is 0 Å². The Morgan fingerprint density at radius 2 is 1.44 bits per heavy atom. The minimum absolute atomic E-state index is 0.142. The number of rotatable bonds is 3. The molecule has 4 rings (SSSR count). The van der Waals surface area contributed by atoms with Gasteiger partial charge in [-0.2, -0.15) is 15.2 Å². The highest BCUT2D eigenvalue weighted by Gasteiger charge is 2.37. The molecule has 2 aliphatic heterocycles. The number of carbonyl (C=O) groups is 2. The first-order chi connectivity index (χ1) is 13.1. The number of benzene rings is 2. The van der Waals surface area contributed by atoms with Gasteiger partial charge in [-0.3, -0.25) is 9.59 Å². The number of hydrogen-bond acceptors (Lipinski definition) is 6. The summed E-state index contributed by atoms with van der Waals surface area (Å²) in [6.45, 7) is 3.26. The van der Waals surface area contributed by atoms with Crippen molar-refractivity contribution in [3.8, 4) is 0 Å². The van der Waals surface area contributed by atoms with Crippen molar-refractivity contribution < 1.29 is 9.59 Å². The van der Waals surface area contributed by atoms with Gasteiger partial charge in [0.25, 0.3) is 5.91 Å². The molecule has 0 unspecified atom stereocenters. The van der Waals surface area contributed by atoms with Gasteiger partial charge in [-0.05, 0) is 43.0 Å². The molecule has 0 bridgehead atoms. The van der Waals surface area contributed by atoms with Crippen LogP contribution in [0.1, 0.15) is 13.8 Å². The van der Waals surface area contributed by atoms with Gasteiger partial charge >= 0.3 is 0 Å². The van der Waals surface area contributed by atoms with E-state index in [0.29, 0.717) is 27.0 Å². The van der Waals surface area contributed by atoms with Crippen molar-refractivity contribution in [2.45, 2.75) is 13.8 Å². The third kappa shape index (κ3) is 3.06. The molecule has 2 heterocycles. The van der Waals surface area contributed by atoms with Crippen molar-refractivity contribution >= 4 is 45.6 Å². The average molecular weight is 376 g/mol. The van der Waals surface area contributed by atoms with Crippen molar-refractivity contribution in [3.05, 3.63) is 71.3 Å². The number of para-hydroxylation sites is 2. The van der Waals surface area contributed by atoms with E-state index < -0.39 is 0 Å². The van der Waals surface area contributed by atoms with Crippen LogP contribution in [0.25, 0.3) is 0 Å². The van der Waals surface area contributed by atoms with Gasteiger partial charge < -0.3 is 0 Å². The Morgan fingerprint density at radius 3 is 2.00 bits per heavy atom. The maximum Gasteiger partial charge on any atom is 0.283 e. The number of anilines is 2. The third-order valence-corrected chi connectivity index (χ3v) is 5.24. The molecule has 134 valence electrons. The number of nitrogens with zero attached hydrogens (tertiary/aromatic N) is 4. The number of hydrogen-bond donors (Lipinski definition) is 0. The molecule has 2 aromatic rings. The molecule has 0 aliphatic carbocycles. The molecule has 1 amide bonds. The summed E-state index contributed by atoms with van der Waals surface area (Å²) >= 11 is 1.20. The Balaban J connectivity index is 1.80. The molecule has 0 fully saturated rings. The monoisotopic (exact) mass is 376 g/mol. The van der Waals surface area contributed by atoms with Crippen molar-refractivity contribution in [3.63, 3.8) is 0 Å². The van der Waals surface area contributed by atoms with Crippen molar-refractivity contribution in [2.75, 3.05) is 10.0 Å². The van der Waals surface area contributed by atoms with E-state index in [9.17, 15) is 9.59 Å². The van der Waals surface area contributed by atoms with Crippen LogP contribution in [-0.2, 0) is 9.59 Å². The smallest absolute Gasteiger partial charge is 0.283 e. The van der Waals surface area contributed by atoms with E-state index in [4.69, 9.17) is 0 Å². The van der Waals surface area contributed by atoms with Gasteiger partial charge in [0.1, 0.15) is 5.03 Å². The molecule has 6 nitrogen and oxygen atoms in total. The van der Waals surface area contributed by atoms with Gasteiger partial charge in [0.05, 0.1) is 22.7 Å². The second-order valence-corrected chi connectivity index (χ2v) is 7.01. The minimum atomic E-state index is -0.234. The van der Waals surface area contributed by atoms with Crippen LogP contribution in [0, 0.1) is 0 Å². The molecule has 0 saturated carbocycles. The first kappa shape index (κ1) is 17.2. The Hall–Kier alpha value is -3.19.